The number of carbonyl (C=O) groups is 2. The van der Waals surface area contributed by atoms with Crippen LogP contribution in [0.25, 0.3) is 0 Å². The van der Waals surface area contributed by atoms with E-state index in [2.05, 4.69) is 5.32 Å². The number of sulfonamides is 1. The first kappa shape index (κ1) is 37.6. The molecule has 0 spiro atoms. The van der Waals surface area contributed by atoms with Crippen LogP contribution < -0.4 is 28.6 Å². The molecule has 0 saturated heterocycles. The van der Waals surface area contributed by atoms with Gasteiger partial charge in [-0.05, 0) is 61.7 Å². The smallest absolute Gasteiger partial charge is 0.265 e. The molecule has 0 aromatic heterocycles. The third-order valence-electron chi connectivity index (χ3n) is 7.62. The van der Waals surface area contributed by atoms with Crippen molar-refractivity contribution < 1.29 is 37.0 Å². The third-order valence-corrected chi connectivity index (χ3v) is 9.96. The minimum atomic E-state index is -4.49. The Hall–Kier alpha value is -3.87. The van der Waals surface area contributed by atoms with E-state index in [4.69, 9.17) is 42.1 Å². The fraction of sp³-hybridized carbons (Fsp3) is 0.394. The molecule has 47 heavy (non-hydrogen) atoms. The molecule has 0 aliphatic carbocycles. The molecule has 3 aromatic carbocycles. The number of methoxy groups -OCH3 is 4. The number of anilines is 1. The Morgan fingerprint density at radius 3 is 2.06 bits per heavy atom. The summed E-state index contributed by atoms with van der Waals surface area (Å²) >= 11 is 12.6. The maximum absolute atomic E-state index is 14.5. The molecule has 0 radical (unpaired) electrons. The van der Waals surface area contributed by atoms with Crippen molar-refractivity contribution in [3.8, 4) is 23.0 Å². The molecular weight excluding hydrogens is 669 g/mol. The Kier molecular flexibility index (Phi) is 13.4. The first-order valence-electron chi connectivity index (χ1n) is 14.9. The number of nitrogens with zero attached hydrogens (tertiary/aromatic N) is 2. The number of halogens is 2. The minimum Gasteiger partial charge on any atom is -0.497 e. The van der Waals surface area contributed by atoms with Gasteiger partial charge in [0, 0.05) is 34.8 Å². The largest absolute Gasteiger partial charge is 0.497 e. The van der Waals surface area contributed by atoms with Gasteiger partial charge in [-0.1, -0.05) is 43.1 Å². The number of carbonyl (C=O) groups excluding carboxylic acids is 2. The van der Waals surface area contributed by atoms with E-state index in [0.717, 1.165) is 4.31 Å². The average molecular weight is 711 g/mol. The van der Waals surface area contributed by atoms with Crippen LogP contribution in [0.5, 0.6) is 23.0 Å². The quantitative estimate of drug-likeness (QED) is 0.194. The van der Waals surface area contributed by atoms with Crippen molar-refractivity contribution in [2.45, 2.75) is 57.1 Å². The number of nitrogens with one attached hydrogen (secondary N) is 1. The predicted molar refractivity (Wildman–Crippen MR) is 183 cm³/mol. The zero-order valence-corrected chi connectivity index (χ0v) is 29.8. The summed E-state index contributed by atoms with van der Waals surface area (Å²) in [4.78, 5) is 29.2. The third kappa shape index (κ3) is 8.94. The number of benzene rings is 3. The lowest BCUT2D eigenvalue weighted by molar-refractivity contribution is -0.140. The first-order valence-corrected chi connectivity index (χ1v) is 17.0. The van der Waals surface area contributed by atoms with Gasteiger partial charge in [0.05, 0.1) is 39.0 Å². The zero-order chi connectivity index (χ0) is 34.9. The summed E-state index contributed by atoms with van der Waals surface area (Å²) in [7, 11) is 1.15. The molecule has 2 amide bonds. The van der Waals surface area contributed by atoms with Gasteiger partial charge in [0.15, 0.2) is 11.5 Å². The molecule has 3 aromatic rings. The Bertz CT molecular complexity index is 1670. The number of hydrogen-bond donors (Lipinski definition) is 1. The standard InChI is InChI=1S/C33H41Cl2N3O8S/c1-8-21(3)36-33(40)27(9-2)37(19-22-10-11-23(34)16-26(22)35)32(39)20-38(28-17-24(43-4)12-14-29(28)44-5)47(41,42)25-13-15-30(45-6)31(18-25)46-7/h10-18,21,27H,8-9,19-20H2,1-7H3,(H,36,40)/t21-,27+/m0/s1. The molecule has 3 rings (SSSR count). The Labute approximate surface area is 286 Å². The lowest BCUT2D eigenvalue weighted by atomic mass is 10.1. The fourth-order valence-electron chi connectivity index (χ4n) is 4.80. The second-order valence-electron chi connectivity index (χ2n) is 10.6. The topological polar surface area (TPSA) is 124 Å². The van der Waals surface area contributed by atoms with Crippen LogP contribution in [0.3, 0.4) is 0 Å². The maximum Gasteiger partial charge on any atom is 0.265 e. The summed E-state index contributed by atoms with van der Waals surface area (Å²) in [5.74, 6) is -0.0764. The highest BCUT2D eigenvalue weighted by Gasteiger charge is 2.36. The van der Waals surface area contributed by atoms with Crippen molar-refractivity contribution in [2.75, 3.05) is 39.3 Å². The fourth-order valence-corrected chi connectivity index (χ4v) is 6.70. The van der Waals surface area contributed by atoms with Crippen molar-refractivity contribution in [3.05, 3.63) is 70.2 Å². The SMILES string of the molecule is CC[C@H](C(=O)N[C@@H](C)CC)N(Cc1ccc(Cl)cc1Cl)C(=O)CN(c1cc(OC)ccc1OC)S(=O)(=O)c1ccc(OC)c(OC)c1. The monoisotopic (exact) mass is 709 g/mol. The second-order valence-corrected chi connectivity index (χ2v) is 13.3. The van der Waals surface area contributed by atoms with Gasteiger partial charge in [-0.2, -0.15) is 0 Å². The van der Waals surface area contributed by atoms with E-state index in [1.54, 1.807) is 25.1 Å². The molecule has 14 heteroatoms. The van der Waals surface area contributed by atoms with Crippen molar-refractivity contribution in [1.29, 1.82) is 0 Å². The molecular formula is C33H41Cl2N3O8S. The van der Waals surface area contributed by atoms with Crippen LogP contribution >= 0.6 is 23.2 Å². The van der Waals surface area contributed by atoms with Crippen molar-refractivity contribution in [3.63, 3.8) is 0 Å². The van der Waals surface area contributed by atoms with Crippen LogP contribution in [0.1, 0.15) is 39.2 Å². The van der Waals surface area contributed by atoms with Gasteiger partial charge in [-0.15, -0.1) is 0 Å². The van der Waals surface area contributed by atoms with E-state index in [9.17, 15) is 18.0 Å². The van der Waals surface area contributed by atoms with Gasteiger partial charge in [0.25, 0.3) is 10.0 Å². The Balaban J connectivity index is 2.22. The maximum atomic E-state index is 14.5. The van der Waals surface area contributed by atoms with Crippen molar-refractivity contribution in [1.82, 2.24) is 10.2 Å². The lowest BCUT2D eigenvalue weighted by Gasteiger charge is -2.34. The molecule has 0 bridgehead atoms. The van der Waals surface area contributed by atoms with Crippen LogP contribution in [0, 0.1) is 0 Å². The molecule has 256 valence electrons. The normalized spacial score (nSPS) is 12.4. The lowest BCUT2D eigenvalue weighted by Crippen LogP contribution is -2.53. The highest BCUT2D eigenvalue weighted by molar-refractivity contribution is 7.92. The average Bonchev–Trinajstić information content (AvgIpc) is 3.06. The molecule has 1 N–H and O–H groups in total. The molecule has 2 atom stereocenters. The minimum absolute atomic E-state index is 0.0385. The number of hydrogen-bond acceptors (Lipinski definition) is 8. The Morgan fingerprint density at radius 1 is 0.830 bits per heavy atom. The first-order chi connectivity index (χ1) is 22.3. The summed E-state index contributed by atoms with van der Waals surface area (Å²) in [5.41, 5.74) is 0.559. The van der Waals surface area contributed by atoms with Gasteiger partial charge >= 0.3 is 0 Å². The van der Waals surface area contributed by atoms with E-state index < -0.39 is 28.5 Å². The van der Waals surface area contributed by atoms with Crippen molar-refractivity contribution >= 4 is 50.7 Å². The van der Waals surface area contributed by atoms with E-state index >= 15 is 0 Å². The van der Waals surface area contributed by atoms with E-state index in [1.165, 1.54) is 69.7 Å². The summed E-state index contributed by atoms with van der Waals surface area (Å²) in [5, 5.41) is 3.63. The van der Waals surface area contributed by atoms with Gasteiger partial charge < -0.3 is 29.2 Å². The number of amides is 2. The van der Waals surface area contributed by atoms with Crippen molar-refractivity contribution in [2.24, 2.45) is 0 Å². The molecule has 0 fully saturated rings. The number of ether oxygens (including phenoxy) is 4. The molecule has 11 nitrogen and oxygen atoms in total. The van der Waals surface area contributed by atoms with Gasteiger partial charge in [0.1, 0.15) is 24.1 Å². The van der Waals surface area contributed by atoms with Crippen LogP contribution in [0.15, 0.2) is 59.5 Å². The molecule has 0 aliphatic rings. The van der Waals surface area contributed by atoms with E-state index in [-0.39, 0.29) is 52.0 Å². The van der Waals surface area contributed by atoms with Gasteiger partial charge in [-0.3, -0.25) is 13.9 Å². The second kappa shape index (κ2) is 16.8. The van der Waals surface area contributed by atoms with Crippen LogP contribution in [0.4, 0.5) is 5.69 Å². The van der Waals surface area contributed by atoms with E-state index in [1.807, 2.05) is 13.8 Å². The number of rotatable bonds is 16. The highest BCUT2D eigenvalue weighted by atomic mass is 35.5. The molecule has 0 saturated carbocycles. The summed E-state index contributed by atoms with van der Waals surface area (Å²) < 4.78 is 51.5. The summed E-state index contributed by atoms with van der Waals surface area (Å²) in [6.45, 7) is 4.76. The summed E-state index contributed by atoms with van der Waals surface area (Å²) in [6.07, 6.45) is 0.913. The Morgan fingerprint density at radius 2 is 1.49 bits per heavy atom. The van der Waals surface area contributed by atoms with Crippen LogP contribution in [-0.2, 0) is 26.2 Å². The van der Waals surface area contributed by atoms with Gasteiger partial charge in [0.2, 0.25) is 11.8 Å². The van der Waals surface area contributed by atoms with Gasteiger partial charge in [-0.25, -0.2) is 8.42 Å². The summed E-state index contributed by atoms with van der Waals surface area (Å²) in [6, 6.07) is 12.4. The molecule has 0 heterocycles. The molecule has 0 aliphatic heterocycles. The highest BCUT2D eigenvalue weighted by Crippen LogP contribution is 2.38. The predicted octanol–water partition coefficient (Wildman–Crippen LogP) is 5.95. The zero-order valence-electron chi connectivity index (χ0n) is 27.5. The molecule has 0 unspecified atom stereocenters. The van der Waals surface area contributed by atoms with Crippen LogP contribution in [-0.4, -0.2) is 72.2 Å². The van der Waals surface area contributed by atoms with Crippen LogP contribution in [0.2, 0.25) is 10.0 Å². The van der Waals surface area contributed by atoms with E-state index in [0.29, 0.717) is 28.5 Å².